The van der Waals surface area contributed by atoms with Gasteiger partial charge in [0, 0.05) is 39.1 Å². The van der Waals surface area contributed by atoms with Crippen molar-refractivity contribution in [2.24, 2.45) is 7.05 Å². The van der Waals surface area contributed by atoms with Crippen LogP contribution in [0.2, 0.25) is 5.15 Å². The number of H-pyrrole nitrogens is 4. The third-order valence-corrected chi connectivity index (χ3v) is 18.3. The number of nitro benzene ring substituents is 2. The van der Waals surface area contributed by atoms with Gasteiger partial charge in [0.2, 0.25) is 30.0 Å². The number of anilines is 3. The van der Waals surface area contributed by atoms with Crippen molar-refractivity contribution < 1.29 is 44.2 Å². The molecule has 12 aromatic rings. The predicted molar refractivity (Wildman–Crippen MR) is 354 cm³/mol. The molecule has 1 aliphatic heterocycles. The average Bonchev–Trinajstić information content (AvgIpc) is 1.60. The largest absolute Gasteiger partial charge is 0.462 e. The van der Waals surface area contributed by atoms with Gasteiger partial charge < -0.3 is 81.6 Å². The zero-order valence-electron chi connectivity index (χ0n) is 51.0. The molecule has 0 aliphatic carbocycles. The van der Waals surface area contributed by atoms with E-state index in [-0.39, 0.29) is 65.3 Å². The Hall–Kier alpha value is -10.7. The van der Waals surface area contributed by atoms with Gasteiger partial charge in [-0.1, -0.05) is 23.8 Å². The van der Waals surface area contributed by atoms with Crippen LogP contribution >= 0.6 is 75.0 Å². The van der Waals surface area contributed by atoms with Crippen molar-refractivity contribution in [3.8, 4) is 0 Å². The normalized spacial score (nSPS) is 14.0. The first-order chi connectivity index (χ1) is 46.7. The molecule has 98 heavy (non-hydrogen) atoms. The van der Waals surface area contributed by atoms with E-state index >= 15 is 0 Å². The maximum absolute atomic E-state index is 11.4. The Balaban J connectivity index is 0.000000147. The number of aryl methyl sites for hydroxylation is 3. The lowest BCUT2D eigenvalue weighted by Gasteiger charge is -2.13. The molecule has 12 N–H and O–H groups in total. The molecule has 3 unspecified atom stereocenters. The molecule has 11 aromatic heterocycles. The average molecular weight is 1510 g/mol. The summed E-state index contributed by atoms with van der Waals surface area (Å²) in [5.74, 6) is -0.0191. The van der Waals surface area contributed by atoms with Crippen LogP contribution in [-0.4, -0.2) is 170 Å². The van der Waals surface area contributed by atoms with E-state index in [0.717, 1.165) is 46.8 Å². The molecule has 1 fully saturated rings. The van der Waals surface area contributed by atoms with Gasteiger partial charge >= 0.3 is 17.6 Å². The van der Waals surface area contributed by atoms with E-state index in [1.807, 2.05) is 6.92 Å². The maximum Gasteiger partial charge on any atom is 0.396 e. The van der Waals surface area contributed by atoms with Crippen LogP contribution in [0.15, 0.2) is 84.7 Å². The number of aliphatic hydroxyl groups excluding tert-OH is 2. The SMILES string of the molecule is CCOC(=O)c1cc([N+](=O)[O-])c(C)c([N+](=O)[O-])c1.CCn1c(C)nc([N+](=O)[O-])c1Sc1nc(N)nc2nc[nH]c12.Cc1nc(Cl)c(Br)c(Sc2nc(N)nc3nc[nH]c23)n1.Cn1cnc([N+](=O)[O-])c1Sc1nc(N)nc2c1ncn2C1CC(O)C(CO)O1.S=c1nc[nH]c2nc[nH]c12. The highest BCUT2D eigenvalue weighted by atomic mass is 79.9. The van der Waals surface area contributed by atoms with Gasteiger partial charge in [-0.25, -0.2) is 54.6 Å². The van der Waals surface area contributed by atoms with Crippen LogP contribution in [0.1, 0.15) is 54.1 Å². The predicted octanol–water partition coefficient (Wildman–Crippen LogP) is 6.97. The minimum Gasteiger partial charge on any atom is -0.462 e. The molecular formula is C50H49BrClN29O13S4. The number of aromatic nitrogens is 22. The number of halogens is 2. The Morgan fingerprint density at radius 3 is 1.87 bits per heavy atom. The lowest BCUT2D eigenvalue weighted by molar-refractivity contribution is -0.395. The number of nitrogens with two attached hydrogens (primary N) is 3. The molecule has 48 heteroatoms. The first kappa shape index (κ1) is 71.6. The number of aromatic amines is 4. The number of hydrogen-bond donors (Lipinski definition) is 9. The standard InChI is InChI=1S/C14H16N8O5S.C11H12N8O2S.C10H7BrClN7S.C10H10N2O6.C5H4N4S/c1-20-4-17-11(22(25)26)13(20)28-12-9-10(18-14(15)19-12)21(5-16-9)8-2-6(24)7(3-23)27-8;1-3-18-5(2)15-8(19(20)21)10(18)22-9-6-7(14-4-13-6)16-11(12)17-9;1-3-16-6(12)4(11)8(17-3)20-9-5-7(15-2-14-5)18-10(13)19-9;1-3-18-10(13)7-4-8(11(14)15)6(2)9(5-7)12(16)17;10-5-3-4(7-1-6-3)8-2-9-5/h4-8,23-24H,2-3H2,1H3,(H2,15,18,19);4H,3H2,1-2H3,(H3,12,13,14,16,17);2H,1H3,(H3,13,14,15,18,19);4-5H,3H2,1-2H3;1-2H,(H2,6,7,8,9,10). The Morgan fingerprint density at radius 1 is 0.724 bits per heavy atom. The third kappa shape index (κ3) is 16.1. The van der Waals surface area contributed by atoms with Crippen molar-refractivity contribution in [1.82, 2.24) is 108 Å². The van der Waals surface area contributed by atoms with E-state index in [2.05, 4.69) is 115 Å². The highest BCUT2D eigenvalue weighted by Crippen LogP contribution is 2.41. The summed E-state index contributed by atoms with van der Waals surface area (Å²) in [7, 11) is 1.63. The van der Waals surface area contributed by atoms with Gasteiger partial charge in [-0.05, 0) is 98.7 Å². The number of nitrogen functional groups attached to an aromatic ring is 3. The fraction of sp³-hybridized carbons (Fsp3) is 0.260. The van der Waals surface area contributed by atoms with Gasteiger partial charge in [-0.3, -0.25) is 29.4 Å². The molecule has 0 amide bonds. The summed E-state index contributed by atoms with van der Waals surface area (Å²) >= 11 is 17.7. The molecule has 0 bridgehead atoms. The molecule has 13 rings (SSSR count). The molecule has 1 saturated heterocycles. The summed E-state index contributed by atoms with van der Waals surface area (Å²) in [4.78, 5) is 126. The molecule has 510 valence electrons. The number of nitrogens with zero attached hydrogens (tertiary/aromatic N) is 22. The lowest BCUT2D eigenvalue weighted by Crippen LogP contribution is -2.24. The molecule has 12 heterocycles. The van der Waals surface area contributed by atoms with Crippen LogP contribution in [-0.2, 0) is 23.1 Å². The number of imidazole rings is 6. The smallest absolute Gasteiger partial charge is 0.396 e. The lowest BCUT2D eigenvalue weighted by atomic mass is 10.1. The van der Waals surface area contributed by atoms with Gasteiger partial charge in [-0.2, -0.15) is 15.0 Å². The van der Waals surface area contributed by atoms with Crippen molar-refractivity contribution in [2.45, 2.75) is 96.2 Å². The highest BCUT2D eigenvalue weighted by molar-refractivity contribution is 9.10. The summed E-state index contributed by atoms with van der Waals surface area (Å²) < 4.78 is 16.3. The van der Waals surface area contributed by atoms with Crippen molar-refractivity contribution in [3.63, 3.8) is 0 Å². The van der Waals surface area contributed by atoms with E-state index < -0.39 is 55.5 Å². The minimum absolute atomic E-state index is 0.0428. The number of nitro groups is 4. The molecule has 1 aromatic carbocycles. The van der Waals surface area contributed by atoms with Crippen LogP contribution < -0.4 is 17.2 Å². The first-order valence-electron chi connectivity index (χ1n) is 27.7. The number of ether oxygens (including phenoxy) is 2. The summed E-state index contributed by atoms with van der Waals surface area (Å²) in [5, 5.41) is 66.3. The Morgan fingerprint density at radius 2 is 1.30 bits per heavy atom. The maximum atomic E-state index is 11.4. The van der Waals surface area contributed by atoms with Crippen LogP contribution in [0.3, 0.4) is 0 Å². The second kappa shape index (κ2) is 31.0. The quantitative estimate of drug-likeness (QED) is 0.0164. The fourth-order valence-electron chi connectivity index (χ4n) is 8.82. The van der Waals surface area contributed by atoms with Crippen molar-refractivity contribution in [1.29, 1.82) is 0 Å². The van der Waals surface area contributed by atoms with Crippen molar-refractivity contribution in [3.05, 3.63) is 128 Å². The Bertz CT molecular complexity index is 5050. The summed E-state index contributed by atoms with van der Waals surface area (Å²) in [6.07, 6.45) is 7.07. The number of esters is 1. The molecule has 42 nitrogen and oxygen atoms in total. The number of rotatable bonds is 15. The number of carbonyl (C=O) groups excluding carboxylic acids is 1. The third-order valence-electron chi connectivity index (χ3n) is 13.2. The van der Waals surface area contributed by atoms with Gasteiger partial charge in [0.25, 0.3) is 11.4 Å². The molecule has 1 aliphatic rings. The summed E-state index contributed by atoms with van der Waals surface area (Å²) in [6, 6.07) is 1.95. The van der Waals surface area contributed by atoms with Crippen molar-refractivity contribution >= 4 is 167 Å². The van der Waals surface area contributed by atoms with Crippen LogP contribution in [0.4, 0.5) is 40.9 Å². The van der Waals surface area contributed by atoms with E-state index in [0.29, 0.717) is 91.1 Å². The highest BCUT2D eigenvalue weighted by Gasteiger charge is 2.36. The number of aliphatic hydroxyl groups is 2. The van der Waals surface area contributed by atoms with Gasteiger partial charge in [0.1, 0.15) is 71.0 Å². The fourth-order valence-corrected chi connectivity index (χ4v) is 12.8. The van der Waals surface area contributed by atoms with E-state index in [1.165, 1.54) is 54.9 Å². The minimum atomic E-state index is -0.830. The number of carbonyl (C=O) groups is 1. The monoisotopic (exact) mass is 1510 g/mol. The molecule has 3 atom stereocenters. The number of fused-ring (bicyclic) bond motifs is 4. The Labute approximate surface area is 577 Å². The van der Waals surface area contributed by atoms with Crippen molar-refractivity contribution in [2.75, 3.05) is 30.4 Å². The summed E-state index contributed by atoms with van der Waals surface area (Å²) in [6.45, 7) is 8.52. The molecule has 0 radical (unpaired) electrons. The molecule has 0 saturated carbocycles. The van der Waals surface area contributed by atoms with Crippen LogP contribution in [0.5, 0.6) is 0 Å². The zero-order valence-corrected chi connectivity index (χ0v) is 56.6. The van der Waals surface area contributed by atoms with E-state index in [1.54, 1.807) is 43.3 Å². The summed E-state index contributed by atoms with van der Waals surface area (Å²) in [5.41, 5.74) is 20.4. The van der Waals surface area contributed by atoms with E-state index in [9.17, 15) is 55.5 Å². The number of nitrogens with one attached hydrogen (secondary N) is 4. The first-order valence-corrected chi connectivity index (χ1v) is 31.7. The second-order valence-electron chi connectivity index (χ2n) is 19.5. The van der Waals surface area contributed by atoms with Gasteiger partial charge in [0.15, 0.2) is 37.3 Å². The second-order valence-corrected chi connectivity index (χ2v) is 24.0. The number of benzene rings is 1. The molecule has 0 spiro atoms. The number of hydrogen-bond acceptors (Lipinski definition) is 35. The van der Waals surface area contributed by atoms with E-state index in [4.69, 9.17) is 45.8 Å². The molecular weight excluding hydrogens is 1460 g/mol. The Kier molecular flexibility index (Phi) is 22.7. The topological polar surface area (TPSA) is 598 Å². The van der Waals surface area contributed by atoms with Gasteiger partial charge in [0.05, 0.1) is 70.8 Å². The zero-order chi connectivity index (χ0) is 71.0. The van der Waals surface area contributed by atoms with Gasteiger partial charge in [-0.15, -0.1) is 0 Å². The van der Waals surface area contributed by atoms with Crippen LogP contribution in [0, 0.1) is 65.9 Å². The van der Waals surface area contributed by atoms with Crippen LogP contribution in [0.25, 0.3) is 44.7 Å².